The Balaban J connectivity index is -0.0000000267. The van der Waals surface area contributed by atoms with E-state index in [1.807, 2.05) is 6.92 Å². The molecular formula is C5H15Cl2N. The minimum Gasteiger partial charge on any atom is -0.344 e. The number of allylic oxidation sites excluding steroid dienone is 2. The van der Waals surface area contributed by atoms with Crippen molar-refractivity contribution in [2.45, 2.75) is 20.8 Å². The van der Waals surface area contributed by atoms with Gasteiger partial charge in [-0.25, -0.2) is 0 Å². The van der Waals surface area contributed by atoms with E-state index >= 15 is 0 Å². The maximum Gasteiger partial charge on any atom is -0.0442 e. The molecule has 0 bridgehead atoms. The molecule has 3 N–H and O–H groups in total. The molecule has 0 fully saturated rings. The van der Waals surface area contributed by atoms with E-state index in [0.29, 0.717) is 0 Å². The second-order valence-corrected chi connectivity index (χ2v) is 1.37. The van der Waals surface area contributed by atoms with Crippen LogP contribution in [0.5, 0.6) is 0 Å². The van der Waals surface area contributed by atoms with Gasteiger partial charge in [0.25, 0.3) is 0 Å². The summed E-state index contributed by atoms with van der Waals surface area (Å²) in [6, 6.07) is 0. The smallest absolute Gasteiger partial charge is 0.0442 e. The van der Waals surface area contributed by atoms with E-state index in [1.54, 1.807) is 0 Å². The highest BCUT2D eigenvalue weighted by molar-refractivity contribution is 5.85. The van der Waals surface area contributed by atoms with Gasteiger partial charge in [0.1, 0.15) is 0 Å². The summed E-state index contributed by atoms with van der Waals surface area (Å²) >= 11 is 0. The summed E-state index contributed by atoms with van der Waals surface area (Å²) in [5, 5.41) is 0. The lowest BCUT2D eigenvalue weighted by Gasteiger charge is -1.74. The van der Waals surface area contributed by atoms with E-state index in [2.05, 4.69) is 19.9 Å². The Morgan fingerprint density at radius 1 is 1.12 bits per heavy atom. The van der Waals surface area contributed by atoms with Gasteiger partial charge < -0.3 is 6.15 Å². The standard InChI is InChI=1S/C5H10.2ClH.H3N/c1-4-5(2)3;;;/h4H,1-3H3;2*1H;1H3. The summed E-state index contributed by atoms with van der Waals surface area (Å²) in [7, 11) is 0. The predicted octanol–water partition coefficient (Wildman–Crippen LogP) is 2.98. The average molecular weight is 160 g/mol. The van der Waals surface area contributed by atoms with Gasteiger partial charge in [-0.2, -0.15) is 0 Å². The average Bonchev–Trinajstić information content (AvgIpc) is 1.38. The number of hydrogen-bond donors (Lipinski definition) is 1. The maximum absolute atomic E-state index is 2.08. The Morgan fingerprint density at radius 3 is 1.25 bits per heavy atom. The first kappa shape index (κ1) is 24.0. The van der Waals surface area contributed by atoms with Crippen molar-refractivity contribution in [3.63, 3.8) is 0 Å². The van der Waals surface area contributed by atoms with Crippen molar-refractivity contribution in [2.75, 3.05) is 0 Å². The van der Waals surface area contributed by atoms with Crippen LogP contribution in [0.3, 0.4) is 0 Å². The lowest BCUT2D eigenvalue weighted by Crippen LogP contribution is -1.52. The monoisotopic (exact) mass is 159 g/mol. The zero-order valence-corrected chi connectivity index (χ0v) is 7.23. The summed E-state index contributed by atoms with van der Waals surface area (Å²) in [5.41, 5.74) is 1.38. The minimum absolute atomic E-state index is 0. The van der Waals surface area contributed by atoms with Crippen molar-refractivity contribution in [1.82, 2.24) is 6.15 Å². The van der Waals surface area contributed by atoms with Gasteiger partial charge in [0.05, 0.1) is 0 Å². The number of hydrogen-bond acceptors (Lipinski definition) is 1. The quantitative estimate of drug-likeness (QED) is 0.543. The van der Waals surface area contributed by atoms with Crippen molar-refractivity contribution in [3.8, 4) is 0 Å². The molecule has 0 saturated heterocycles. The van der Waals surface area contributed by atoms with E-state index in [9.17, 15) is 0 Å². The first-order valence-corrected chi connectivity index (χ1v) is 1.87. The molecule has 0 aromatic heterocycles. The summed E-state index contributed by atoms with van der Waals surface area (Å²) < 4.78 is 0. The van der Waals surface area contributed by atoms with Gasteiger partial charge in [-0.05, 0) is 20.8 Å². The molecule has 0 amide bonds. The lowest BCUT2D eigenvalue weighted by atomic mass is 10.3. The summed E-state index contributed by atoms with van der Waals surface area (Å²) in [5.74, 6) is 0. The Bertz CT molecular complexity index is 48.4. The molecule has 0 saturated carbocycles. The van der Waals surface area contributed by atoms with E-state index < -0.39 is 0 Å². The van der Waals surface area contributed by atoms with Gasteiger partial charge in [0.15, 0.2) is 0 Å². The molecule has 0 rings (SSSR count). The van der Waals surface area contributed by atoms with Crippen LogP contribution in [0.15, 0.2) is 11.6 Å². The molecule has 0 aliphatic heterocycles. The van der Waals surface area contributed by atoms with Gasteiger partial charge in [0.2, 0.25) is 0 Å². The molecule has 0 aromatic rings. The van der Waals surface area contributed by atoms with E-state index in [-0.39, 0.29) is 31.0 Å². The second kappa shape index (κ2) is 15.7. The maximum atomic E-state index is 2.08. The Hall–Kier alpha value is 0.280. The third kappa shape index (κ3) is 33.7. The molecule has 54 valence electrons. The molecule has 0 radical (unpaired) electrons. The van der Waals surface area contributed by atoms with Crippen LogP contribution in [0.4, 0.5) is 0 Å². The topological polar surface area (TPSA) is 35.0 Å². The lowest BCUT2D eigenvalue weighted by molar-refractivity contribution is 1.36. The van der Waals surface area contributed by atoms with Gasteiger partial charge in [-0.3, -0.25) is 0 Å². The fraction of sp³-hybridized carbons (Fsp3) is 0.600. The zero-order valence-electron chi connectivity index (χ0n) is 5.60. The third-order valence-corrected chi connectivity index (χ3v) is 0.577. The molecule has 8 heavy (non-hydrogen) atoms. The Kier molecular flexibility index (Phi) is 46.9. The van der Waals surface area contributed by atoms with Gasteiger partial charge in [0, 0.05) is 0 Å². The molecule has 1 nitrogen and oxygen atoms in total. The molecule has 0 aromatic carbocycles. The van der Waals surface area contributed by atoms with Crippen LogP contribution in [0, 0.1) is 0 Å². The van der Waals surface area contributed by atoms with Crippen LogP contribution in [0.1, 0.15) is 20.8 Å². The van der Waals surface area contributed by atoms with Gasteiger partial charge >= 0.3 is 0 Å². The summed E-state index contributed by atoms with van der Waals surface area (Å²) in [6.45, 7) is 6.20. The van der Waals surface area contributed by atoms with Crippen LogP contribution in [0.2, 0.25) is 0 Å². The SMILES string of the molecule is CC=C(C)C.Cl.Cl.N. The van der Waals surface area contributed by atoms with E-state index in [1.165, 1.54) is 5.57 Å². The minimum atomic E-state index is 0. The van der Waals surface area contributed by atoms with E-state index in [4.69, 9.17) is 0 Å². The second-order valence-electron chi connectivity index (χ2n) is 1.37. The van der Waals surface area contributed by atoms with Crippen LogP contribution in [-0.2, 0) is 0 Å². The van der Waals surface area contributed by atoms with Gasteiger partial charge in [-0.1, -0.05) is 11.6 Å². The molecule has 0 spiro atoms. The fourth-order valence-electron chi connectivity index (χ4n) is 0. The molecular weight excluding hydrogens is 145 g/mol. The largest absolute Gasteiger partial charge is 0.344 e. The summed E-state index contributed by atoms with van der Waals surface area (Å²) in [6.07, 6.45) is 2.08. The first-order chi connectivity index (χ1) is 2.27. The fourth-order valence-corrected chi connectivity index (χ4v) is 0. The van der Waals surface area contributed by atoms with Crippen LogP contribution in [-0.4, -0.2) is 0 Å². The molecule has 0 heterocycles. The van der Waals surface area contributed by atoms with Crippen molar-refractivity contribution in [2.24, 2.45) is 0 Å². The van der Waals surface area contributed by atoms with Crippen molar-refractivity contribution in [1.29, 1.82) is 0 Å². The van der Waals surface area contributed by atoms with Crippen LogP contribution < -0.4 is 6.15 Å². The Morgan fingerprint density at radius 2 is 1.25 bits per heavy atom. The van der Waals surface area contributed by atoms with Crippen molar-refractivity contribution < 1.29 is 0 Å². The highest BCUT2D eigenvalue weighted by Gasteiger charge is 1.60. The van der Waals surface area contributed by atoms with Crippen molar-refractivity contribution >= 4 is 24.8 Å². The first-order valence-electron chi connectivity index (χ1n) is 1.87. The molecule has 0 unspecified atom stereocenters. The van der Waals surface area contributed by atoms with Crippen LogP contribution in [0.25, 0.3) is 0 Å². The zero-order chi connectivity index (χ0) is 4.28. The summed E-state index contributed by atoms with van der Waals surface area (Å²) in [4.78, 5) is 0. The Labute approximate surface area is 64.0 Å². The molecule has 0 aliphatic carbocycles. The van der Waals surface area contributed by atoms with Crippen LogP contribution >= 0.6 is 24.8 Å². The molecule has 3 heteroatoms. The normalized spacial score (nSPS) is 4.38. The molecule has 0 atom stereocenters. The van der Waals surface area contributed by atoms with E-state index in [0.717, 1.165) is 0 Å². The highest BCUT2D eigenvalue weighted by Crippen LogP contribution is 1.82. The molecule has 0 aliphatic rings. The highest BCUT2D eigenvalue weighted by atomic mass is 35.5. The number of rotatable bonds is 0. The van der Waals surface area contributed by atoms with Crippen molar-refractivity contribution in [3.05, 3.63) is 11.6 Å². The van der Waals surface area contributed by atoms with Gasteiger partial charge in [-0.15, -0.1) is 24.8 Å². The number of halogens is 2. The third-order valence-electron chi connectivity index (χ3n) is 0.577. The predicted molar refractivity (Wildman–Crippen MR) is 44.6 cm³/mol.